The maximum atomic E-state index is 12.5. The van der Waals surface area contributed by atoms with E-state index in [0.717, 1.165) is 19.5 Å². The quantitative estimate of drug-likeness (QED) is 0.672. The van der Waals surface area contributed by atoms with Gasteiger partial charge in [-0.2, -0.15) is 11.8 Å². The Kier molecular flexibility index (Phi) is 5.95. The first-order chi connectivity index (χ1) is 8.47. The van der Waals surface area contributed by atoms with Crippen LogP contribution >= 0.6 is 11.8 Å². The highest BCUT2D eigenvalue weighted by molar-refractivity contribution is 7.99. The van der Waals surface area contributed by atoms with Crippen molar-refractivity contribution in [1.82, 2.24) is 10.6 Å². The molecule has 1 aliphatic heterocycles. The molecule has 0 aromatic rings. The number of rotatable bonds is 6. The van der Waals surface area contributed by atoms with Crippen LogP contribution < -0.4 is 10.6 Å². The van der Waals surface area contributed by atoms with E-state index in [9.17, 15) is 9.90 Å². The van der Waals surface area contributed by atoms with E-state index in [1.54, 1.807) is 11.8 Å². The minimum Gasteiger partial charge on any atom is -0.395 e. The lowest BCUT2D eigenvalue weighted by Crippen LogP contribution is -2.51. The molecule has 0 aliphatic carbocycles. The maximum absolute atomic E-state index is 12.5. The van der Waals surface area contributed by atoms with E-state index in [0.29, 0.717) is 5.92 Å². The maximum Gasteiger partial charge on any atom is 0.228 e. The Morgan fingerprint density at radius 2 is 2.17 bits per heavy atom. The molecular weight excluding hydrogens is 248 g/mol. The van der Waals surface area contributed by atoms with Gasteiger partial charge in [0.15, 0.2) is 0 Å². The van der Waals surface area contributed by atoms with E-state index in [2.05, 4.69) is 24.5 Å². The van der Waals surface area contributed by atoms with Gasteiger partial charge >= 0.3 is 0 Å². The third-order valence-electron chi connectivity index (χ3n) is 4.14. The van der Waals surface area contributed by atoms with Crippen LogP contribution in [0.4, 0.5) is 0 Å². The van der Waals surface area contributed by atoms with Crippen molar-refractivity contribution >= 4 is 17.7 Å². The van der Waals surface area contributed by atoms with Gasteiger partial charge in [0.25, 0.3) is 0 Å². The number of hydrogen-bond acceptors (Lipinski definition) is 4. The molecule has 18 heavy (non-hydrogen) atoms. The molecule has 1 rings (SSSR count). The van der Waals surface area contributed by atoms with Crippen LogP contribution in [-0.2, 0) is 4.79 Å². The lowest BCUT2D eigenvalue weighted by atomic mass is 9.75. The Morgan fingerprint density at radius 3 is 2.56 bits per heavy atom. The molecule has 3 atom stereocenters. The molecule has 0 radical (unpaired) electrons. The molecule has 1 heterocycles. The van der Waals surface area contributed by atoms with Crippen molar-refractivity contribution in [3.63, 3.8) is 0 Å². The van der Waals surface area contributed by atoms with Crippen LogP contribution in [0.3, 0.4) is 0 Å². The highest BCUT2D eigenvalue weighted by Gasteiger charge is 2.44. The molecule has 0 saturated carbocycles. The van der Waals surface area contributed by atoms with Crippen LogP contribution in [0.1, 0.15) is 27.2 Å². The highest BCUT2D eigenvalue weighted by Crippen LogP contribution is 2.34. The lowest BCUT2D eigenvalue weighted by Gasteiger charge is -2.33. The first-order valence-electron chi connectivity index (χ1n) is 6.63. The van der Waals surface area contributed by atoms with Crippen molar-refractivity contribution in [3.8, 4) is 0 Å². The SMILES string of the molecule is CSC(CO)C(C)NC(=O)C1(C(C)C)CCNC1. The predicted octanol–water partition coefficient (Wildman–Crippen LogP) is 0.851. The number of nitrogens with one attached hydrogen (secondary N) is 2. The standard InChI is InChI=1S/C13H26N2O2S/c1-9(2)13(5-6-14-8-13)12(17)15-10(3)11(7-16)18-4/h9-11,14,16H,5-8H2,1-4H3,(H,15,17). The van der Waals surface area contributed by atoms with Crippen LogP contribution in [0.15, 0.2) is 0 Å². The zero-order chi connectivity index (χ0) is 13.8. The highest BCUT2D eigenvalue weighted by atomic mass is 32.2. The summed E-state index contributed by atoms with van der Waals surface area (Å²) in [7, 11) is 0. The van der Waals surface area contributed by atoms with Crippen LogP contribution in [0.25, 0.3) is 0 Å². The second-order valence-corrected chi connectivity index (χ2v) is 6.53. The number of carbonyl (C=O) groups is 1. The summed E-state index contributed by atoms with van der Waals surface area (Å²) in [6.45, 7) is 7.93. The van der Waals surface area contributed by atoms with Gasteiger partial charge in [-0.05, 0) is 32.1 Å². The van der Waals surface area contributed by atoms with Crippen LogP contribution in [0.5, 0.6) is 0 Å². The third-order valence-corrected chi connectivity index (χ3v) is 5.31. The molecule has 3 unspecified atom stereocenters. The van der Waals surface area contributed by atoms with E-state index in [4.69, 9.17) is 0 Å². The summed E-state index contributed by atoms with van der Waals surface area (Å²) in [4.78, 5) is 12.5. The first kappa shape index (κ1) is 15.8. The molecule has 0 bridgehead atoms. The number of aliphatic hydroxyl groups is 1. The van der Waals surface area contributed by atoms with Crippen molar-refractivity contribution in [2.75, 3.05) is 26.0 Å². The fourth-order valence-corrected chi connectivity index (χ4v) is 3.17. The van der Waals surface area contributed by atoms with E-state index < -0.39 is 0 Å². The van der Waals surface area contributed by atoms with Gasteiger partial charge < -0.3 is 15.7 Å². The summed E-state index contributed by atoms with van der Waals surface area (Å²) in [5.41, 5.74) is -0.285. The molecule has 0 aromatic heterocycles. The summed E-state index contributed by atoms with van der Waals surface area (Å²) in [6.07, 6.45) is 2.85. The summed E-state index contributed by atoms with van der Waals surface area (Å²) < 4.78 is 0. The average molecular weight is 274 g/mol. The molecule has 0 spiro atoms. The summed E-state index contributed by atoms with van der Waals surface area (Å²) in [5, 5.41) is 15.7. The first-order valence-corrected chi connectivity index (χ1v) is 7.92. The molecule has 4 nitrogen and oxygen atoms in total. The largest absolute Gasteiger partial charge is 0.395 e. The number of hydrogen-bond donors (Lipinski definition) is 3. The Bertz CT molecular complexity index is 274. The van der Waals surface area contributed by atoms with Gasteiger partial charge in [0.2, 0.25) is 5.91 Å². The van der Waals surface area contributed by atoms with Crippen LogP contribution in [0, 0.1) is 11.3 Å². The summed E-state index contributed by atoms with van der Waals surface area (Å²) in [5.74, 6) is 0.448. The minimum atomic E-state index is -0.285. The second-order valence-electron chi connectivity index (χ2n) is 5.46. The van der Waals surface area contributed by atoms with Gasteiger partial charge in [0, 0.05) is 17.8 Å². The molecule has 106 valence electrons. The molecule has 1 saturated heterocycles. The van der Waals surface area contributed by atoms with Gasteiger partial charge in [0.1, 0.15) is 0 Å². The van der Waals surface area contributed by atoms with Crippen LogP contribution in [-0.4, -0.2) is 48.3 Å². The lowest BCUT2D eigenvalue weighted by molar-refractivity contribution is -0.133. The number of carbonyl (C=O) groups excluding carboxylic acids is 1. The zero-order valence-electron chi connectivity index (χ0n) is 11.8. The van der Waals surface area contributed by atoms with Crippen LogP contribution in [0.2, 0.25) is 0 Å². The van der Waals surface area contributed by atoms with Gasteiger partial charge in [0.05, 0.1) is 12.0 Å². The zero-order valence-corrected chi connectivity index (χ0v) is 12.6. The van der Waals surface area contributed by atoms with Crippen molar-refractivity contribution in [2.45, 2.75) is 38.5 Å². The number of amides is 1. The molecule has 5 heteroatoms. The second kappa shape index (κ2) is 6.78. The minimum absolute atomic E-state index is 0.00581. The molecule has 0 aromatic carbocycles. The fraction of sp³-hybridized carbons (Fsp3) is 0.923. The average Bonchev–Trinajstić information content (AvgIpc) is 2.80. The molecule has 1 fully saturated rings. The van der Waals surface area contributed by atoms with Crippen molar-refractivity contribution in [1.29, 1.82) is 0 Å². The third kappa shape index (κ3) is 3.19. The number of aliphatic hydroxyl groups excluding tert-OH is 1. The Labute approximate surface area is 114 Å². The fourth-order valence-electron chi connectivity index (χ4n) is 2.54. The van der Waals surface area contributed by atoms with Gasteiger partial charge in [-0.25, -0.2) is 0 Å². The Hall–Kier alpha value is -0.260. The van der Waals surface area contributed by atoms with Gasteiger partial charge in [-0.3, -0.25) is 4.79 Å². The monoisotopic (exact) mass is 274 g/mol. The summed E-state index contributed by atoms with van der Waals surface area (Å²) in [6, 6.07) is -0.00581. The van der Waals surface area contributed by atoms with E-state index in [1.165, 1.54) is 0 Å². The predicted molar refractivity (Wildman–Crippen MR) is 76.8 cm³/mol. The molecule has 3 N–H and O–H groups in total. The summed E-state index contributed by atoms with van der Waals surface area (Å²) >= 11 is 1.59. The normalized spacial score (nSPS) is 27.2. The van der Waals surface area contributed by atoms with Crippen molar-refractivity contribution in [3.05, 3.63) is 0 Å². The molecule has 1 aliphatic rings. The van der Waals surface area contributed by atoms with Gasteiger partial charge in [-0.1, -0.05) is 13.8 Å². The Balaban J connectivity index is 2.68. The van der Waals surface area contributed by atoms with Crippen molar-refractivity contribution in [2.24, 2.45) is 11.3 Å². The number of thioether (sulfide) groups is 1. The van der Waals surface area contributed by atoms with E-state index >= 15 is 0 Å². The molecular formula is C13H26N2O2S. The van der Waals surface area contributed by atoms with E-state index in [1.807, 2.05) is 13.2 Å². The van der Waals surface area contributed by atoms with Crippen molar-refractivity contribution < 1.29 is 9.90 Å². The molecule has 1 amide bonds. The van der Waals surface area contributed by atoms with Gasteiger partial charge in [-0.15, -0.1) is 0 Å². The topological polar surface area (TPSA) is 61.4 Å². The smallest absolute Gasteiger partial charge is 0.228 e. The Morgan fingerprint density at radius 1 is 1.50 bits per heavy atom. The van der Waals surface area contributed by atoms with E-state index in [-0.39, 0.29) is 29.2 Å².